The van der Waals surface area contributed by atoms with Crippen LogP contribution in [0.15, 0.2) is 12.4 Å². The minimum absolute atomic E-state index is 0.0526. The van der Waals surface area contributed by atoms with E-state index in [0.717, 1.165) is 6.20 Å². The van der Waals surface area contributed by atoms with Crippen molar-refractivity contribution in [2.45, 2.75) is 46.1 Å². The summed E-state index contributed by atoms with van der Waals surface area (Å²) >= 11 is 0. The first-order valence-corrected chi connectivity index (χ1v) is 6.18. The smallest absolute Gasteiger partial charge is 0.344 e. The van der Waals surface area contributed by atoms with Gasteiger partial charge in [-0.3, -0.25) is 4.98 Å². The summed E-state index contributed by atoms with van der Waals surface area (Å²) in [4.78, 5) is 15.3. The minimum Gasteiger partial charge on any atom is -0.478 e. The van der Waals surface area contributed by atoms with Gasteiger partial charge in [-0.15, -0.1) is 0 Å². The third-order valence-electron chi connectivity index (χ3n) is 2.26. The molecule has 0 saturated carbocycles. The largest absolute Gasteiger partial charge is 0.478 e. The molecule has 0 aliphatic rings. The van der Waals surface area contributed by atoms with Crippen LogP contribution in [0.3, 0.4) is 0 Å². The quantitative estimate of drug-likeness (QED) is 0.788. The minimum atomic E-state index is -0.585. The molecule has 0 radical (unpaired) electrons. The molecule has 0 N–H and O–H groups in total. The Morgan fingerprint density at radius 2 is 2.00 bits per heavy atom. The molecule has 1 heterocycles. The molecule has 1 aromatic rings. The van der Waals surface area contributed by atoms with E-state index in [1.807, 2.05) is 13.8 Å². The maximum absolute atomic E-state index is 13.7. The molecule has 0 amide bonds. The molecule has 0 aliphatic heterocycles. The molecule has 106 valence electrons. The van der Waals surface area contributed by atoms with Crippen LogP contribution in [-0.4, -0.2) is 23.2 Å². The van der Waals surface area contributed by atoms with E-state index in [-0.39, 0.29) is 18.3 Å². The van der Waals surface area contributed by atoms with Gasteiger partial charge in [-0.25, -0.2) is 9.18 Å². The SMILES string of the molecule is CC(C)c1cncc(F)c1OCC(=O)OC(C)(C)C. The van der Waals surface area contributed by atoms with E-state index in [1.165, 1.54) is 6.20 Å². The maximum Gasteiger partial charge on any atom is 0.344 e. The predicted molar refractivity (Wildman–Crippen MR) is 69.6 cm³/mol. The Morgan fingerprint density at radius 1 is 1.37 bits per heavy atom. The Balaban J connectivity index is 2.75. The van der Waals surface area contributed by atoms with E-state index in [9.17, 15) is 9.18 Å². The van der Waals surface area contributed by atoms with E-state index in [1.54, 1.807) is 20.8 Å². The maximum atomic E-state index is 13.7. The van der Waals surface area contributed by atoms with E-state index in [2.05, 4.69) is 4.98 Å². The van der Waals surface area contributed by atoms with E-state index in [4.69, 9.17) is 9.47 Å². The van der Waals surface area contributed by atoms with Crippen molar-refractivity contribution in [3.05, 3.63) is 23.8 Å². The fraction of sp³-hybridized carbons (Fsp3) is 0.571. The van der Waals surface area contributed by atoms with Gasteiger partial charge in [-0.1, -0.05) is 13.8 Å². The molecule has 1 rings (SSSR count). The molecule has 19 heavy (non-hydrogen) atoms. The van der Waals surface area contributed by atoms with Crippen LogP contribution in [-0.2, 0) is 9.53 Å². The number of ether oxygens (including phenoxy) is 2. The molecule has 0 unspecified atom stereocenters. The van der Waals surface area contributed by atoms with Gasteiger partial charge in [0.25, 0.3) is 0 Å². The number of rotatable bonds is 4. The molecular formula is C14H20FNO3. The monoisotopic (exact) mass is 269 g/mol. The number of hydrogen-bond acceptors (Lipinski definition) is 4. The standard InChI is InChI=1S/C14H20FNO3/c1-9(2)10-6-16-7-11(15)13(10)18-8-12(17)19-14(3,4)5/h6-7,9H,8H2,1-5H3. The highest BCUT2D eigenvalue weighted by molar-refractivity contribution is 5.71. The van der Waals surface area contributed by atoms with Crippen molar-refractivity contribution in [3.8, 4) is 5.75 Å². The van der Waals surface area contributed by atoms with Gasteiger partial charge in [0, 0.05) is 11.8 Å². The predicted octanol–water partition coefficient (Wildman–Crippen LogP) is 3.06. The van der Waals surface area contributed by atoms with Gasteiger partial charge < -0.3 is 9.47 Å². The van der Waals surface area contributed by atoms with Crippen LogP contribution in [0.5, 0.6) is 5.75 Å². The van der Waals surface area contributed by atoms with Crippen LogP contribution in [0.2, 0.25) is 0 Å². The number of carbonyl (C=O) groups is 1. The van der Waals surface area contributed by atoms with Crippen LogP contribution in [0.25, 0.3) is 0 Å². The van der Waals surface area contributed by atoms with Gasteiger partial charge in [-0.05, 0) is 26.7 Å². The molecule has 0 spiro atoms. The van der Waals surface area contributed by atoms with Crippen molar-refractivity contribution in [1.82, 2.24) is 4.98 Å². The Kier molecular flexibility index (Phi) is 4.86. The lowest BCUT2D eigenvalue weighted by atomic mass is 10.0. The van der Waals surface area contributed by atoms with E-state index >= 15 is 0 Å². The summed E-state index contributed by atoms with van der Waals surface area (Å²) in [5.74, 6) is -0.985. The number of nitrogens with zero attached hydrogens (tertiary/aromatic N) is 1. The van der Waals surface area contributed by atoms with Gasteiger partial charge in [0.05, 0.1) is 6.20 Å². The van der Waals surface area contributed by atoms with Crippen LogP contribution >= 0.6 is 0 Å². The molecule has 0 saturated heterocycles. The number of carbonyl (C=O) groups excluding carboxylic acids is 1. The van der Waals surface area contributed by atoms with Gasteiger partial charge in [-0.2, -0.15) is 0 Å². The Hall–Kier alpha value is -1.65. The van der Waals surface area contributed by atoms with Crippen LogP contribution in [0, 0.1) is 5.82 Å². The van der Waals surface area contributed by atoms with Gasteiger partial charge >= 0.3 is 5.97 Å². The number of hydrogen-bond donors (Lipinski definition) is 0. The van der Waals surface area contributed by atoms with Crippen molar-refractivity contribution >= 4 is 5.97 Å². The van der Waals surface area contributed by atoms with Crippen molar-refractivity contribution < 1.29 is 18.7 Å². The topological polar surface area (TPSA) is 48.4 Å². The molecule has 0 bridgehead atoms. The number of esters is 1. The zero-order valence-electron chi connectivity index (χ0n) is 12.0. The molecule has 0 atom stereocenters. The Bertz CT molecular complexity index is 452. The summed E-state index contributed by atoms with van der Waals surface area (Å²) in [6.07, 6.45) is 2.61. The molecule has 4 nitrogen and oxygen atoms in total. The molecular weight excluding hydrogens is 249 g/mol. The summed E-state index contributed by atoms with van der Waals surface area (Å²) < 4.78 is 24.0. The van der Waals surface area contributed by atoms with Crippen molar-refractivity contribution in [2.24, 2.45) is 0 Å². The van der Waals surface area contributed by atoms with Gasteiger partial charge in [0.1, 0.15) is 5.60 Å². The molecule has 1 aromatic heterocycles. The van der Waals surface area contributed by atoms with Crippen molar-refractivity contribution in [3.63, 3.8) is 0 Å². The first-order valence-electron chi connectivity index (χ1n) is 6.18. The summed E-state index contributed by atoms with van der Waals surface area (Å²) in [5, 5.41) is 0. The molecule has 0 aliphatic carbocycles. The normalized spacial score (nSPS) is 11.5. The van der Waals surface area contributed by atoms with Crippen LogP contribution in [0.1, 0.15) is 46.1 Å². The van der Waals surface area contributed by atoms with Gasteiger partial charge in [0.15, 0.2) is 18.2 Å². The number of aromatic nitrogens is 1. The van der Waals surface area contributed by atoms with Crippen LogP contribution < -0.4 is 4.74 Å². The lowest BCUT2D eigenvalue weighted by molar-refractivity contribution is -0.157. The second kappa shape index (κ2) is 5.99. The van der Waals surface area contributed by atoms with Crippen molar-refractivity contribution in [1.29, 1.82) is 0 Å². The first kappa shape index (κ1) is 15.4. The Labute approximate surface area is 112 Å². The van der Waals surface area contributed by atoms with E-state index in [0.29, 0.717) is 5.56 Å². The lowest BCUT2D eigenvalue weighted by Gasteiger charge is -2.20. The van der Waals surface area contributed by atoms with Gasteiger partial charge in [0.2, 0.25) is 0 Å². The van der Waals surface area contributed by atoms with Crippen molar-refractivity contribution in [2.75, 3.05) is 6.61 Å². The summed E-state index contributed by atoms with van der Waals surface area (Å²) in [7, 11) is 0. The zero-order chi connectivity index (χ0) is 14.6. The molecule has 0 aromatic carbocycles. The summed E-state index contributed by atoms with van der Waals surface area (Å²) in [6, 6.07) is 0. The first-order chi connectivity index (χ1) is 8.70. The molecule has 0 fully saturated rings. The fourth-order valence-corrected chi connectivity index (χ4v) is 1.50. The van der Waals surface area contributed by atoms with Crippen LogP contribution in [0.4, 0.5) is 4.39 Å². The number of halogens is 1. The zero-order valence-corrected chi connectivity index (χ0v) is 12.0. The highest BCUT2D eigenvalue weighted by atomic mass is 19.1. The van der Waals surface area contributed by atoms with E-state index < -0.39 is 17.4 Å². The average molecular weight is 269 g/mol. The highest BCUT2D eigenvalue weighted by Gasteiger charge is 2.19. The second-order valence-electron chi connectivity index (χ2n) is 5.57. The summed E-state index contributed by atoms with van der Waals surface area (Å²) in [6.45, 7) is 8.76. The Morgan fingerprint density at radius 3 is 2.53 bits per heavy atom. The summed E-state index contributed by atoms with van der Waals surface area (Å²) in [5.41, 5.74) is 0.0431. The number of pyridine rings is 1. The third kappa shape index (κ3) is 4.85. The second-order valence-corrected chi connectivity index (χ2v) is 5.57. The fourth-order valence-electron chi connectivity index (χ4n) is 1.50. The average Bonchev–Trinajstić information content (AvgIpc) is 2.24. The third-order valence-corrected chi connectivity index (χ3v) is 2.26. The highest BCUT2D eigenvalue weighted by Crippen LogP contribution is 2.28. The lowest BCUT2D eigenvalue weighted by Crippen LogP contribution is -2.27. The molecule has 5 heteroatoms.